The van der Waals surface area contributed by atoms with Crippen molar-refractivity contribution in [1.29, 1.82) is 0 Å². The van der Waals surface area contributed by atoms with Crippen molar-refractivity contribution in [2.75, 3.05) is 6.61 Å². The number of ether oxygens (including phenoxy) is 1. The lowest BCUT2D eigenvalue weighted by Gasteiger charge is -2.12. The highest BCUT2D eigenvalue weighted by molar-refractivity contribution is 7.89. The first-order chi connectivity index (χ1) is 8.50. The number of rotatable bonds is 4. The Kier molecular flexibility index (Phi) is 4.35. The summed E-state index contributed by atoms with van der Waals surface area (Å²) in [6, 6.07) is 0.638. The number of hydrogen-bond acceptors (Lipinski definition) is 3. The molecule has 19 heavy (non-hydrogen) atoms. The predicted molar refractivity (Wildman–Crippen MR) is 53.9 cm³/mol. The van der Waals surface area contributed by atoms with Gasteiger partial charge in [0.2, 0.25) is 10.0 Å². The second-order valence-electron chi connectivity index (χ2n) is 3.47. The normalized spacial score (nSPS) is 12.5. The monoisotopic (exact) mass is 305 g/mol. The third-order valence-electron chi connectivity index (χ3n) is 1.91. The summed E-state index contributed by atoms with van der Waals surface area (Å²) in [4.78, 5) is -1.05. The van der Waals surface area contributed by atoms with E-state index in [1.54, 1.807) is 0 Å². The van der Waals surface area contributed by atoms with Crippen molar-refractivity contribution in [3.8, 4) is 5.75 Å². The van der Waals surface area contributed by atoms with E-state index in [4.69, 9.17) is 0 Å². The summed E-state index contributed by atoms with van der Waals surface area (Å²) >= 11 is 0. The van der Waals surface area contributed by atoms with Crippen molar-refractivity contribution in [2.45, 2.75) is 17.5 Å². The Balaban J connectivity index is 3.06. The first kappa shape index (κ1) is 15.6. The zero-order valence-electron chi connectivity index (χ0n) is 9.17. The summed E-state index contributed by atoms with van der Waals surface area (Å²) < 4.78 is 88.3. The highest BCUT2D eigenvalue weighted by Gasteiger charge is 2.28. The van der Waals surface area contributed by atoms with Gasteiger partial charge in [-0.2, -0.15) is 13.2 Å². The Morgan fingerprint density at radius 3 is 2.26 bits per heavy atom. The number of sulfonamides is 1. The van der Waals surface area contributed by atoms with Gasteiger partial charge in [-0.3, -0.25) is 0 Å². The van der Waals surface area contributed by atoms with Crippen LogP contribution in [-0.2, 0) is 10.0 Å². The van der Waals surface area contributed by atoms with Crippen LogP contribution in [0.25, 0.3) is 0 Å². The summed E-state index contributed by atoms with van der Waals surface area (Å²) in [6.45, 7) is -1.02. The first-order valence-electron chi connectivity index (χ1n) is 4.72. The fourth-order valence-corrected chi connectivity index (χ4v) is 1.85. The van der Waals surface area contributed by atoms with E-state index in [-0.39, 0.29) is 6.07 Å². The third-order valence-corrected chi connectivity index (χ3v) is 2.83. The van der Waals surface area contributed by atoms with E-state index in [9.17, 15) is 30.4 Å². The summed E-state index contributed by atoms with van der Waals surface area (Å²) in [5.41, 5.74) is 0. The molecule has 0 aliphatic heterocycles. The van der Waals surface area contributed by atoms with Crippen molar-refractivity contribution in [3.05, 3.63) is 23.8 Å². The molecule has 0 amide bonds. The van der Waals surface area contributed by atoms with Gasteiger partial charge in [0, 0.05) is 6.07 Å². The van der Waals surface area contributed by atoms with Gasteiger partial charge in [-0.25, -0.2) is 22.3 Å². The summed E-state index contributed by atoms with van der Waals surface area (Å²) in [5.74, 6) is -3.73. The van der Waals surface area contributed by atoms with E-state index in [0.29, 0.717) is 6.07 Å². The SMILES string of the molecule is NS(=O)(=O)c1cc(F)cc(F)c1OCCC(F)(F)F. The highest BCUT2D eigenvalue weighted by atomic mass is 32.2. The molecule has 1 aromatic rings. The van der Waals surface area contributed by atoms with E-state index in [1.807, 2.05) is 0 Å². The van der Waals surface area contributed by atoms with Crippen molar-refractivity contribution in [1.82, 2.24) is 0 Å². The van der Waals surface area contributed by atoms with Crippen LogP contribution in [-0.4, -0.2) is 21.2 Å². The minimum Gasteiger partial charge on any atom is -0.489 e. The van der Waals surface area contributed by atoms with Crippen molar-refractivity contribution in [3.63, 3.8) is 0 Å². The average molecular weight is 305 g/mol. The molecule has 10 heteroatoms. The number of alkyl halides is 3. The molecule has 2 N–H and O–H groups in total. The highest BCUT2D eigenvalue weighted by Crippen LogP contribution is 2.28. The number of benzene rings is 1. The Morgan fingerprint density at radius 2 is 1.79 bits per heavy atom. The molecule has 1 rings (SSSR count). The molecule has 0 unspecified atom stereocenters. The quantitative estimate of drug-likeness (QED) is 0.864. The summed E-state index contributed by atoms with van der Waals surface area (Å²) in [6.07, 6.45) is -5.98. The maximum atomic E-state index is 13.3. The average Bonchev–Trinajstić information content (AvgIpc) is 2.17. The molecule has 0 fully saturated rings. The molecular weight excluding hydrogens is 297 g/mol. The van der Waals surface area contributed by atoms with Gasteiger partial charge in [0.05, 0.1) is 13.0 Å². The van der Waals surface area contributed by atoms with Gasteiger partial charge in [-0.1, -0.05) is 0 Å². The molecule has 1 aromatic carbocycles. The van der Waals surface area contributed by atoms with Crippen molar-refractivity contribution in [2.24, 2.45) is 5.14 Å². The maximum absolute atomic E-state index is 13.3. The Morgan fingerprint density at radius 1 is 1.21 bits per heavy atom. The Hall–Kier alpha value is -1.42. The van der Waals surface area contributed by atoms with Gasteiger partial charge in [0.25, 0.3) is 0 Å². The second-order valence-corrected chi connectivity index (χ2v) is 5.00. The summed E-state index contributed by atoms with van der Waals surface area (Å²) in [7, 11) is -4.53. The zero-order chi connectivity index (χ0) is 14.8. The first-order valence-corrected chi connectivity index (χ1v) is 6.27. The summed E-state index contributed by atoms with van der Waals surface area (Å²) in [5, 5.41) is 4.69. The smallest absolute Gasteiger partial charge is 0.392 e. The van der Waals surface area contributed by atoms with Crippen LogP contribution >= 0.6 is 0 Å². The molecular formula is C9H8F5NO3S. The largest absolute Gasteiger partial charge is 0.489 e. The van der Waals surface area contributed by atoms with Gasteiger partial charge in [0.1, 0.15) is 10.7 Å². The van der Waals surface area contributed by atoms with Crippen LogP contribution in [0.1, 0.15) is 6.42 Å². The van der Waals surface area contributed by atoms with Crippen LogP contribution in [0.15, 0.2) is 17.0 Å². The van der Waals surface area contributed by atoms with Crippen LogP contribution in [0, 0.1) is 11.6 Å². The third kappa shape index (κ3) is 4.63. The van der Waals surface area contributed by atoms with E-state index in [2.05, 4.69) is 9.88 Å². The molecule has 0 spiro atoms. The fraction of sp³-hybridized carbons (Fsp3) is 0.333. The number of halogens is 5. The van der Waals surface area contributed by atoms with E-state index in [1.165, 1.54) is 0 Å². The molecule has 0 atom stereocenters. The van der Waals surface area contributed by atoms with Crippen molar-refractivity contribution < 1.29 is 35.1 Å². The minimum absolute atomic E-state index is 0.275. The molecule has 0 bridgehead atoms. The topological polar surface area (TPSA) is 69.4 Å². The Bertz CT molecular complexity index is 570. The second kappa shape index (κ2) is 5.29. The standard InChI is InChI=1S/C9H8F5NO3S/c10-5-3-6(11)8(7(4-5)19(15,16)17)18-2-1-9(12,13)14/h3-4H,1-2H2,(H2,15,16,17). The number of primary sulfonamides is 1. The zero-order valence-corrected chi connectivity index (χ0v) is 9.99. The van der Waals surface area contributed by atoms with E-state index in [0.717, 1.165) is 0 Å². The van der Waals surface area contributed by atoms with Crippen LogP contribution < -0.4 is 9.88 Å². The predicted octanol–water partition coefficient (Wildman–Crippen LogP) is 1.94. The van der Waals surface area contributed by atoms with Gasteiger partial charge in [-0.15, -0.1) is 0 Å². The van der Waals surface area contributed by atoms with Gasteiger partial charge < -0.3 is 4.74 Å². The van der Waals surface area contributed by atoms with E-state index >= 15 is 0 Å². The van der Waals surface area contributed by atoms with Crippen molar-refractivity contribution >= 4 is 10.0 Å². The van der Waals surface area contributed by atoms with E-state index < -0.39 is 51.5 Å². The lowest BCUT2D eigenvalue weighted by molar-refractivity contribution is -0.139. The molecule has 0 radical (unpaired) electrons. The lowest BCUT2D eigenvalue weighted by Crippen LogP contribution is -2.18. The number of nitrogens with two attached hydrogens (primary N) is 1. The molecule has 0 aliphatic carbocycles. The molecule has 0 aliphatic rings. The fourth-order valence-electron chi connectivity index (χ4n) is 1.16. The molecule has 0 saturated carbocycles. The molecule has 0 saturated heterocycles. The molecule has 108 valence electrons. The van der Waals surface area contributed by atoms with Crippen LogP contribution in [0.5, 0.6) is 5.75 Å². The molecule has 4 nitrogen and oxygen atoms in total. The van der Waals surface area contributed by atoms with Gasteiger partial charge in [0.15, 0.2) is 11.6 Å². The van der Waals surface area contributed by atoms with Crippen LogP contribution in [0.4, 0.5) is 22.0 Å². The van der Waals surface area contributed by atoms with Gasteiger partial charge >= 0.3 is 6.18 Å². The lowest BCUT2D eigenvalue weighted by atomic mass is 10.3. The molecule has 0 heterocycles. The maximum Gasteiger partial charge on any atom is 0.392 e. The number of hydrogen-bond donors (Lipinski definition) is 1. The van der Waals surface area contributed by atoms with Crippen LogP contribution in [0.2, 0.25) is 0 Å². The van der Waals surface area contributed by atoms with Crippen LogP contribution in [0.3, 0.4) is 0 Å². The van der Waals surface area contributed by atoms with Gasteiger partial charge in [-0.05, 0) is 6.07 Å². The molecule has 0 aromatic heterocycles. The Labute approximate surface area is 105 Å². The minimum atomic E-state index is -4.56.